The van der Waals surface area contributed by atoms with Crippen LogP contribution in [-0.4, -0.2) is 60.6 Å². The first-order chi connectivity index (χ1) is 17.2. The monoisotopic (exact) mass is 471 g/mol. The highest BCUT2D eigenvalue weighted by atomic mass is 16.7. The number of amides is 2. The Morgan fingerprint density at radius 2 is 1.49 bits per heavy atom. The number of carbonyl (C=O) groups excluding carboxylic acids is 2. The zero-order valence-electron chi connectivity index (χ0n) is 19.6. The molecule has 0 unspecified atom stereocenters. The van der Waals surface area contributed by atoms with Crippen molar-refractivity contribution in [3.05, 3.63) is 95.6 Å². The molecule has 1 saturated heterocycles. The maximum Gasteiger partial charge on any atom is 0.251 e. The average Bonchev–Trinajstić information content (AvgIpc) is 3.37. The SMILES string of the molecule is O=C(N[C@H](Cc1ccccc1)C(=O)N1CCN(Cc2ccc3c(c2)OCO3)CC1)c1ccccc1. The van der Waals surface area contributed by atoms with Crippen LogP contribution >= 0.6 is 0 Å². The van der Waals surface area contributed by atoms with E-state index in [0.29, 0.717) is 25.1 Å². The first-order valence-corrected chi connectivity index (χ1v) is 12.0. The molecule has 3 aromatic rings. The highest BCUT2D eigenvalue weighted by Crippen LogP contribution is 2.32. The van der Waals surface area contributed by atoms with E-state index < -0.39 is 6.04 Å². The summed E-state index contributed by atoms with van der Waals surface area (Å²) in [5.74, 6) is 1.29. The summed E-state index contributed by atoms with van der Waals surface area (Å²) in [6.07, 6.45) is 0.454. The van der Waals surface area contributed by atoms with Crippen LogP contribution in [0.4, 0.5) is 0 Å². The van der Waals surface area contributed by atoms with Gasteiger partial charge in [-0.25, -0.2) is 0 Å². The van der Waals surface area contributed by atoms with Gasteiger partial charge in [-0.1, -0.05) is 54.6 Å². The molecule has 2 aliphatic rings. The molecule has 2 heterocycles. The van der Waals surface area contributed by atoms with Crippen molar-refractivity contribution >= 4 is 11.8 Å². The minimum atomic E-state index is -0.620. The maximum absolute atomic E-state index is 13.5. The average molecular weight is 472 g/mol. The molecule has 1 N–H and O–H groups in total. The lowest BCUT2D eigenvalue weighted by Gasteiger charge is -2.36. The van der Waals surface area contributed by atoms with E-state index in [9.17, 15) is 9.59 Å². The van der Waals surface area contributed by atoms with Crippen LogP contribution in [0.5, 0.6) is 11.5 Å². The third-order valence-corrected chi connectivity index (χ3v) is 6.45. The van der Waals surface area contributed by atoms with Crippen molar-refractivity contribution < 1.29 is 19.1 Å². The molecule has 3 aromatic carbocycles. The molecule has 0 bridgehead atoms. The molecule has 180 valence electrons. The summed E-state index contributed by atoms with van der Waals surface area (Å²) in [6, 6.07) is 24.2. The summed E-state index contributed by atoms with van der Waals surface area (Å²) in [6.45, 7) is 3.84. The van der Waals surface area contributed by atoms with Gasteiger partial charge in [-0.15, -0.1) is 0 Å². The molecule has 35 heavy (non-hydrogen) atoms. The highest BCUT2D eigenvalue weighted by molar-refractivity contribution is 5.97. The van der Waals surface area contributed by atoms with Crippen molar-refractivity contribution in [3.63, 3.8) is 0 Å². The van der Waals surface area contributed by atoms with Crippen LogP contribution in [-0.2, 0) is 17.8 Å². The second kappa shape index (κ2) is 10.6. The molecule has 7 heteroatoms. The summed E-state index contributed by atoms with van der Waals surface area (Å²) < 4.78 is 10.9. The van der Waals surface area contributed by atoms with Crippen LogP contribution in [0, 0.1) is 0 Å². The maximum atomic E-state index is 13.5. The minimum absolute atomic E-state index is 0.0409. The normalized spacial score (nSPS) is 16.1. The van der Waals surface area contributed by atoms with Crippen LogP contribution in [0.2, 0.25) is 0 Å². The van der Waals surface area contributed by atoms with E-state index in [4.69, 9.17) is 9.47 Å². The van der Waals surface area contributed by atoms with E-state index in [0.717, 1.165) is 42.3 Å². The van der Waals surface area contributed by atoms with Crippen molar-refractivity contribution in [2.24, 2.45) is 0 Å². The fourth-order valence-electron chi connectivity index (χ4n) is 4.53. The summed E-state index contributed by atoms with van der Waals surface area (Å²) in [7, 11) is 0. The standard InChI is InChI=1S/C28H29N3O4/c32-27(23-9-5-2-6-10-23)29-24(17-21-7-3-1-4-8-21)28(33)31-15-13-30(14-16-31)19-22-11-12-25-26(18-22)35-20-34-25/h1-12,18,24H,13-17,19-20H2,(H,29,32)/t24-/m1/s1. The fraction of sp³-hybridized carbons (Fsp3) is 0.286. The first-order valence-electron chi connectivity index (χ1n) is 12.0. The van der Waals surface area contributed by atoms with Crippen molar-refractivity contribution in [2.75, 3.05) is 33.0 Å². The van der Waals surface area contributed by atoms with Gasteiger partial charge < -0.3 is 19.7 Å². The van der Waals surface area contributed by atoms with Gasteiger partial charge in [0.1, 0.15) is 6.04 Å². The van der Waals surface area contributed by atoms with Crippen LogP contribution in [0.15, 0.2) is 78.9 Å². The summed E-state index contributed by atoms with van der Waals surface area (Å²) >= 11 is 0. The Labute approximate surface area is 205 Å². The van der Waals surface area contributed by atoms with E-state index in [-0.39, 0.29) is 18.6 Å². The van der Waals surface area contributed by atoms with Crippen LogP contribution in [0.25, 0.3) is 0 Å². The quantitative estimate of drug-likeness (QED) is 0.574. The number of fused-ring (bicyclic) bond motifs is 1. The lowest BCUT2D eigenvalue weighted by atomic mass is 10.0. The molecule has 1 fully saturated rings. The Hall–Kier alpha value is -3.84. The number of hydrogen-bond acceptors (Lipinski definition) is 5. The topological polar surface area (TPSA) is 71.1 Å². The third kappa shape index (κ3) is 5.63. The highest BCUT2D eigenvalue weighted by Gasteiger charge is 2.29. The smallest absolute Gasteiger partial charge is 0.251 e. The predicted octanol–water partition coefficient (Wildman–Crippen LogP) is 3.10. The number of nitrogens with one attached hydrogen (secondary N) is 1. The van der Waals surface area contributed by atoms with E-state index >= 15 is 0 Å². The first kappa shape index (κ1) is 22.9. The van der Waals surface area contributed by atoms with Crippen LogP contribution in [0.3, 0.4) is 0 Å². The van der Waals surface area contributed by atoms with Gasteiger partial charge in [0.05, 0.1) is 0 Å². The zero-order chi connectivity index (χ0) is 24.0. The Kier molecular flexibility index (Phi) is 6.95. The van der Waals surface area contributed by atoms with Crippen molar-refractivity contribution in [3.8, 4) is 11.5 Å². The lowest BCUT2D eigenvalue weighted by molar-refractivity contribution is -0.135. The predicted molar refractivity (Wildman–Crippen MR) is 132 cm³/mol. The molecule has 0 aromatic heterocycles. The third-order valence-electron chi connectivity index (χ3n) is 6.45. The molecule has 0 aliphatic carbocycles. The van der Waals surface area contributed by atoms with E-state index in [1.165, 1.54) is 0 Å². The van der Waals surface area contributed by atoms with E-state index in [1.54, 1.807) is 12.1 Å². The van der Waals surface area contributed by atoms with Crippen LogP contribution < -0.4 is 14.8 Å². The van der Waals surface area contributed by atoms with Gasteiger partial charge in [0.25, 0.3) is 5.91 Å². The Balaban J connectivity index is 1.22. The van der Waals surface area contributed by atoms with E-state index in [2.05, 4.69) is 16.3 Å². The molecule has 7 nitrogen and oxygen atoms in total. The molecular weight excluding hydrogens is 442 g/mol. The van der Waals surface area contributed by atoms with Crippen molar-refractivity contribution in [2.45, 2.75) is 19.0 Å². The van der Waals surface area contributed by atoms with Gasteiger partial charge in [0.2, 0.25) is 12.7 Å². The number of nitrogens with zero attached hydrogens (tertiary/aromatic N) is 2. The van der Waals surface area contributed by atoms with Crippen molar-refractivity contribution in [1.82, 2.24) is 15.1 Å². The molecule has 2 aliphatic heterocycles. The number of carbonyl (C=O) groups is 2. The Bertz CT molecular complexity index is 1160. The molecule has 5 rings (SSSR count). The summed E-state index contributed by atoms with van der Waals surface area (Å²) in [4.78, 5) is 30.6. The lowest BCUT2D eigenvalue weighted by Crippen LogP contribution is -2.55. The van der Waals surface area contributed by atoms with Gasteiger partial charge in [0, 0.05) is 44.7 Å². The minimum Gasteiger partial charge on any atom is -0.454 e. The Morgan fingerprint density at radius 3 is 2.23 bits per heavy atom. The molecular formula is C28H29N3O4. The molecule has 0 saturated carbocycles. The largest absolute Gasteiger partial charge is 0.454 e. The molecule has 0 spiro atoms. The van der Waals surface area contributed by atoms with E-state index in [1.807, 2.05) is 65.6 Å². The van der Waals surface area contributed by atoms with Gasteiger partial charge >= 0.3 is 0 Å². The van der Waals surface area contributed by atoms with Gasteiger partial charge in [0.15, 0.2) is 11.5 Å². The number of benzene rings is 3. The van der Waals surface area contributed by atoms with Crippen LogP contribution in [0.1, 0.15) is 21.5 Å². The second-order valence-corrected chi connectivity index (χ2v) is 8.87. The summed E-state index contributed by atoms with van der Waals surface area (Å²) in [5.41, 5.74) is 2.72. The number of rotatable bonds is 7. The number of hydrogen-bond donors (Lipinski definition) is 1. The van der Waals surface area contributed by atoms with Gasteiger partial charge in [-0.3, -0.25) is 14.5 Å². The summed E-state index contributed by atoms with van der Waals surface area (Å²) in [5, 5.41) is 2.98. The van der Waals surface area contributed by atoms with Crippen molar-refractivity contribution in [1.29, 1.82) is 0 Å². The van der Waals surface area contributed by atoms with Gasteiger partial charge in [-0.05, 0) is 35.4 Å². The second-order valence-electron chi connectivity index (χ2n) is 8.87. The number of piperazine rings is 1. The molecule has 1 atom stereocenters. The molecule has 0 radical (unpaired) electrons. The zero-order valence-corrected chi connectivity index (χ0v) is 19.6. The fourth-order valence-corrected chi connectivity index (χ4v) is 4.53. The Morgan fingerprint density at radius 1 is 0.800 bits per heavy atom. The number of ether oxygens (including phenoxy) is 2. The van der Waals surface area contributed by atoms with Gasteiger partial charge in [-0.2, -0.15) is 0 Å². The molecule has 2 amide bonds.